The van der Waals surface area contributed by atoms with E-state index < -0.39 is 45.5 Å². The van der Waals surface area contributed by atoms with E-state index in [9.17, 15) is 23.1 Å². The van der Waals surface area contributed by atoms with Crippen LogP contribution in [-0.4, -0.2) is 65.1 Å². The zero-order valence-corrected chi connectivity index (χ0v) is 21.5. The quantitative estimate of drug-likeness (QED) is 0.440. The molecule has 35 heavy (non-hydrogen) atoms. The zero-order valence-electron chi connectivity index (χ0n) is 20.7. The SMILES string of the molecule is CCCCN(C(=O)[C@H](CS(=O)(=O)CC1CC1)NC(=O)OC(C)(C)C)[C@@H](O)c1nc2ccccc2o1. The second-order valence-corrected chi connectivity index (χ2v) is 12.2. The van der Waals surface area contributed by atoms with Crippen LogP contribution in [0.2, 0.25) is 0 Å². The number of para-hydroxylation sites is 2. The van der Waals surface area contributed by atoms with Gasteiger partial charge in [-0.1, -0.05) is 25.5 Å². The Bertz CT molecular complexity index is 1100. The number of aliphatic hydroxyl groups excluding tert-OH is 1. The van der Waals surface area contributed by atoms with Crippen molar-refractivity contribution in [2.24, 2.45) is 5.92 Å². The van der Waals surface area contributed by atoms with Crippen LogP contribution in [0.5, 0.6) is 0 Å². The molecule has 2 N–H and O–H groups in total. The predicted molar refractivity (Wildman–Crippen MR) is 130 cm³/mol. The first-order chi connectivity index (χ1) is 16.4. The molecule has 1 heterocycles. The molecule has 0 radical (unpaired) electrons. The molecule has 0 bridgehead atoms. The summed E-state index contributed by atoms with van der Waals surface area (Å²) in [6.45, 7) is 7.03. The Kier molecular flexibility index (Phi) is 8.42. The Labute approximate surface area is 205 Å². The Morgan fingerprint density at radius 1 is 1.29 bits per heavy atom. The smallest absolute Gasteiger partial charge is 0.408 e. The maximum absolute atomic E-state index is 13.6. The number of nitrogens with zero attached hydrogens (tertiary/aromatic N) is 2. The molecule has 1 aromatic carbocycles. The maximum Gasteiger partial charge on any atom is 0.408 e. The van der Waals surface area contributed by atoms with Crippen LogP contribution >= 0.6 is 0 Å². The van der Waals surface area contributed by atoms with Crippen molar-refractivity contribution in [1.29, 1.82) is 0 Å². The highest BCUT2D eigenvalue weighted by atomic mass is 32.2. The molecule has 1 aliphatic carbocycles. The number of unbranched alkanes of at least 4 members (excludes halogenated alkanes) is 1. The van der Waals surface area contributed by atoms with Crippen LogP contribution in [-0.2, 0) is 19.4 Å². The van der Waals surface area contributed by atoms with E-state index in [1.54, 1.807) is 45.0 Å². The van der Waals surface area contributed by atoms with Crippen LogP contribution in [0, 0.1) is 5.92 Å². The van der Waals surface area contributed by atoms with E-state index >= 15 is 0 Å². The van der Waals surface area contributed by atoms with Gasteiger partial charge in [0.2, 0.25) is 18.0 Å². The van der Waals surface area contributed by atoms with Gasteiger partial charge in [0.25, 0.3) is 0 Å². The molecule has 0 unspecified atom stereocenters. The second-order valence-electron chi connectivity index (χ2n) is 10.00. The topological polar surface area (TPSA) is 139 Å². The fourth-order valence-corrected chi connectivity index (χ4v) is 5.53. The van der Waals surface area contributed by atoms with E-state index in [0.29, 0.717) is 23.9 Å². The molecule has 2 amide bonds. The number of carbonyl (C=O) groups excluding carboxylic acids is 2. The Morgan fingerprint density at radius 2 is 1.97 bits per heavy atom. The number of sulfone groups is 1. The van der Waals surface area contributed by atoms with Gasteiger partial charge in [0.1, 0.15) is 17.2 Å². The minimum Gasteiger partial charge on any atom is -0.444 e. The molecule has 194 valence electrons. The van der Waals surface area contributed by atoms with Crippen LogP contribution in [0.3, 0.4) is 0 Å². The molecular weight excluding hydrogens is 474 g/mol. The summed E-state index contributed by atoms with van der Waals surface area (Å²) in [6, 6.07) is 5.49. The number of oxazole rings is 1. The maximum atomic E-state index is 13.6. The van der Waals surface area contributed by atoms with Crippen molar-refractivity contribution >= 4 is 32.9 Å². The first-order valence-corrected chi connectivity index (χ1v) is 13.7. The van der Waals surface area contributed by atoms with Crippen LogP contribution < -0.4 is 5.32 Å². The minimum atomic E-state index is -3.66. The van der Waals surface area contributed by atoms with Gasteiger partial charge >= 0.3 is 6.09 Å². The number of fused-ring (bicyclic) bond motifs is 1. The van der Waals surface area contributed by atoms with Crippen LogP contribution in [0.1, 0.15) is 65.5 Å². The first-order valence-electron chi connectivity index (χ1n) is 11.9. The van der Waals surface area contributed by atoms with Gasteiger partial charge in [0.05, 0.1) is 11.5 Å². The number of benzene rings is 1. The van der Waals surface area contributed by atoms with E-state index in [2.05, 4.69) is 10.3 Å². The lowest BCUT2D eigenvalue weighted by Crippen LogP contribution is -2.54. The fraction of sp³-hybridized carbons (Fsp3) is 0.625. The molecule has 1 saturated carbocycles. The Balaban J connectivity index is 1.88. The largest absolute Gasteiger partial charge is 0.444 e. The minimum absolute atomic E-state index is 0.0462. The summed E-state index contributed by atoms with van der Waals surface area (Å²) in [4.78, 5) is 31.5. The van der Waals surface area contributed by atoms with Gasteiger partial charge in [0, 0.05) is 6.54 Å². The van der Waals surface area contributed by atoms with Crippen molar-refractivity contribution in [2.75, 3.05) is 18.1 Å². The van der Waals surface area contributed by atoms with Crippen molar-refractivity contribution in [3.8, 4) is 0 Å². The van der Waals surface area contributed by atoms with E-state index in [0.717, 1.165) is 17.7 Å². The molecule has 11 heteroatoms. The summed E-state index contributed by atoms with van der Waals surface area (Å²) in [5, 5.41) is 13.5. The van der Waals surface area contributed by atoms with Gasteiger partial charge in [0.15, 0.2) is 15.4 Å². The van der Waals surface area contributed by atoms with Gasteiger partial charge in [-0.15, -0.1) is 0 Å². The molecule has 0 spiro atoms. The third-order valence-electron chi connectivity index (χ3n) is 5.46. The van der Waals surface area contributed by atoms with Gasteiger partial charge in [-0.2, -0.15) is 0 Å². The molecule has 1 fully saturated rings. The number of rotatable bonds is 11. The number of aliphatic hydroxyl groups is 1. The summed E-state index contributed by atoms with van der Waals surface area (Å²) in [6.07, 6.45) is 0.442. The second kappa shape index (κ2) is 10.9. The number of alkyl carbamates (subject to hydrolysis) is 1. The number of nitrogens with one attached hydrogen (secondary N) is 1. The van der Waals surface area contributed by atoms with Crippen LogP contribution in [0.25, 0.3) is 11.1 Å². The normalized spacial score (nSPS) is 16.0. The van der Waals surface area contributed by atoms with Crippen molar-refractivity contribution < 1.29 is 32.3 Å². The standard InChI is InChI=1S/C24H35N3O7S/c1-5-6-13-27(22(29)20-25-17-9-7-8-10-19(17)33-20)21(28)18(26-23(30)34-24(2,3)4)15-35(31,32)14-16-11-12-16/h7-10,16,18,22,29H,5-6,11-15H2,1-4H3,(H,26,30)/t18-,22-/m0/s1. The number of hydrogen-bond donors (Lipinski definition) is 2. The Morgan fingerprint density at radius 3 is 2.57 bits per heavy atom. The van der Waals surface area contributed by atoms with Crippen LogP contribution in [0.15, 0.2) is 28.7 Å². The molecular formula is C24H35N3O7S. The first kappa shape index (κ1) is 26.9. The molecule has 3 rings (SSSR count). The lowest BCUT2D eigenvalue weighted by molar-refractivity contribution is -0.145. The molecule has 1 aromatic heterocycles. The van der Waals surface area contributed by atoms with Crippen molar-refractivity contribution in [1.82, 2.24) is 15.2 Å². The third kappa shape index (κ3) is 7.93. The highest BCUT2D eigenvalue weighted by Gasteiger charge is 2.38. The van der Waals surface area contributed by atoms with Gasteiger partial charge in [-0.3, -0.25) is 4.79 Å². The van der Waals surface area contributed by atoms with Gasteiger partial charge in [-0.05, 0) is 58.1 Å². The lowest BCUT2D eigenvalue weighted by atomic mass is 10.2. The van der Waals surface area contributed by atoms with Gasteiger partial charge < -0.3 is 24.5 Å². The molecule has 2 atom stereocenters. The third-order valence-corrected chi connectivity index (χ3v) is 7.28. The number of aromatic nitrogens is 1. The molecule has 0 saturated heterocycles. The average Bonchev–Trinajstić information content (AvgIpc) is 3.44. The molecule has 2 aromatic rings. The number of carbonyl (C=O) groups is 2. The number of amides is 2. The van der Waals surface area contributed by atoms with Crippen molar-refractivity contribution in [2.45, 2.75) is 71.2 Å². The summed E-state index contributed by atoms with van der Waals surface area (Å²) in [7, 11) is -3.66. The van der Waals surface area contributed by atoms with E-state index in [1.165, 1.54) is 0 Å². The summed E-state index contributed by atoms with van der Waals surface area (Å²) in [5.74, 6) is -1.40. The molecule has 0 aliphatic heterocycles. The predicted octanol–water partition coefficient (Wildman–Crippen LogP) is 3.17. The average molecular weight is 510 g/mol. The van der Waals surface area contributed by atoms with Crippen LogP contribution in [0.4, 0.5) is 4.79 Å². The fourth-order valence-electron chi connectivity index (χ4n) is 3.61. The molecule has 10 nitrogen and oxygen atoms in total. The van der Waals surface area contributed by atoms with E-state index in [4.69, 9.17) is 9.15 Å². The van der Waals surface area contributed by atoms with E-state index in [-0.39, 0.29) is 24.1 Å². The highest BCUT2D eigenvalue weighted by molar-refractivity contribution is 7.91. The van der Waals surface area contributed by atoms with Crippen molar-refractivity contribution in [3.05, 3.63) is 30.2 Å². The Hall–Kier alpha value is -2.66. The lowest BCUT2D eigenvalue weighted by Gasteiger charge is -2.30. The summed E-state index contributed by atoms with van der Waals surface area (Å²) < 4.78 is 36.5. The van der Waals surface area contributed by atoms with Gasteiger partial charge in [-0.25, -0.2) is 18.2 Å². The van der Waals surface area contributed by atoms with E-state index in [1.807, 2.05) is 6.92 Å². The molecule has 1 aliphatic rings. The summed E-state index contributed by atoms with van der Waals surface area (Å²) >= 11 is 0. The van der Waals surface area contributed by atoms with Crippen molar-refractivity contribution in [3.63, 3.8) is 0 Å². The number of ether oxygens (including phenoxy) is 1. The summed E-state index contributed by atoms with van der Waals surface area (Å²) in [5.41, 5.74) is 0.115. The zero-order chi connectivity index (χ0) is 25.8. The monoisotopic (exact) mass is 509 g/mol. The number of hydrogen-bond acceptors (Lipinski definition) is 8. The highest BCUT2D eigenvalue weighted by Crippen LogP contribution is 2.31.